The second-order valence-corrected chi connectivity index (χ2v) is 5.73. The predicted octanol–water partition coefficient (Wildman–Crippen LogP) is 1.09. The summed E-state index contributed by atoms with van der Waals surface area (Å²) in [4.78, 5) is 23.9. The minimum atomic E-state index is -1.02. The third-order valence-corrected chi connectivity index (χ3v) is 3.68. The van der Waals surface area contributed by atoms with Gasteiger partial charge in [0.1, 0.15) is 0 Å². The summed E-state index contributed by atoms with van der Waals surface area (Å²) in [7, 11) is 0. The van der Waals surface area contributed by atoms with Gasteiger partial charge in [-0.2, -0.15) is 0 Å². The maximum Gasteiger partial charge on any atom is 0.356 e. The fourth-order valence-corrected chi connectivity index (χ4v) is 2.66. The molecular formula is C13H18N4O2. The highest BCUT2D eigenvalue weighted by Crippen LogP contribution is 2.33. The number of aromatic nitrogens is 2. The van der Waals surface area contributed by atoms with Crippen LogP contribution in [0.3, 0.4) is 0 Å². The number of carboxylic acids is 1. The van der Waals surface area contributed by atoms with Crippen molar-refractivity contribution in [3.8, 4) is 0 Å². The molecule has 3 rings (SSSR count). The van der Waals surface area contributed by atoms with Crippen LogP contribution in [-0.2, 0) is 0 Å². The summed E-state index contributed by atoms with van der Waals surface area (Å²) >= 11 is 0. The van der Waals surface area contributed by atoms with Gasteiger partial charge in [-0.15, -0.1) is 0 Å². The molecule has 1 aromatic rings. The Kier molecular flexibility index (Phi) is 2.80. The van der Waals surface area contributed by atoms with Crippen LogP contribution in [0, 0.1) is 11.8 Å². The van der Waals surface area contributed by atoms with Crippen molar-refractivity contribution in [1.29, 1.82) is 0 Å². The largest absolute Gasteiger partial charge is 0.476 e. The van der Waals surface area contributed by atoms with Crippen LogP contribution in [-0.4, -0.2) is 47.2 Å². The molecule has 6 heteroatoms. The Morgan fingerprint density at radius 1 is 1.16 bits per heavy atom. The number of hydrogen-bond acceptors (Lipinski definition) is 5. The Balaban J connectivity index is 1.91. The lowest BCUT2D eigenvalue weighted by molar-refractivity contribution is 0.0690. The van der Waals surface area contributed by atoms with E-state index in [1.54, 1.807) is 0 Å². The summed E-state index contributed by atoms with van der Waals surface area (Å²) in [5, 5.41) is 9.04. The lowest BCUT2D eigenvalue weighted by Gasteiger charge is -2.43. The summed E-state index contributed by atoms with van der Waals surface area (Å²) in [6.45, 7) is 8.16. The molecule has 102 valence electrons. The lowest BCUT2D eigenvalue weighted by Crippen LogP contribution is -2.50. The third-order valence-electron chi connectivity index (χ3n) is 3.68. The molecule has 2 saturated heterocycles. The quantitative estimate of drug-likeness (QED) is 0.879. The molecule has 19 heavy (non-hydrogen) atoms. The van der Waals surface area contributed by atoms with Gasteiger partial charge in [0.2, 0.25) is 0 Å². The van der Waals surface area contributed by atoms with E-state index in [4.69, 9.17) is 5.11 Å². The summed E-state index contributed by atoms with van der Waals surface area (Å²) in [6, 6.07) is 0. The summed E-state index contributed by atoms with van der Waals surface area (Å²) in [5.41, 5.74) is 0.0203. The average molecular weight is 262 g/mol. The molecule has 0 aliphatic carbocycles. The first-order valence-corrected chi connectivity index (χ1v) is 6.65. The second kappa shape index (κ2) is 4.36. The number of rotatable bonds is 3. The van der Waals surface area contributed by atoms with E-state index in [1.165, 1.54) is 6.20 Å². The molecule has 0 atom stereocenters. The normalized spacial score (nSPS) is 20.1. The number of aromatic carboxylic acids is 1. The lowest BCUT2D eigenvalue weighted by atomic mass is 10.0. The van der Waals surface area contributed by atoms with Crippen LogP contribution >= 0.6 is 0 Å². The van der Waals surface area contributed by atoms with Gasteiger partial charge in [0.25, 0.3) is 0 Å². The Labute approximate surface area is 112 Å². The third kappa shape index (κ3) is 2.11. The van der Waals surface area contributed by atoms with Crippen molar-refractivity contribution in [2.75, 3.05) is 36.0 Å². The topological polar surface area (TPSA) is 69.6 Å². The van der Waals surface area contributed by atoms with Gasteiger partial charge in [-0.25, -0.2) is 14.8 Å². The van der Waals surface area contributed by atoms with Crippen molar-refractivity contribution in [2.45, 2.75) is 13.8 Å². The molecule has 0 radical (unpaired) electrons. The molecule has 0 bridgehead atoms. The van der Waals surface area contributed by atoms with Crippen LogP contribution in [0.25, 0.3) is 0 Å². The van der Waals surface area contributed by atoms with Gasteiger partial charge >= 0.3 is 5.97 Å². The SMILES string of the molecule is CC1CN(c2ncc(C(=O)O)nc2N2CC(C)C2)C1. The number of carbonyl (C=O) groups is 1. The van der Waals surface area contributed by atoms with Crippen molar-refractivity contribution in [1.82, 2.24) is 9.97 Å². The van der Waals surface area contributed by atoms with Crippen molar-refractivity contribution in [2.24, 2.45) is 11.8 Å². The number of carboxylic acid groups (broad SMARTS) is 1. The van der Waals surface area contributed by atoms with Crippen molar-refractivity contribution < 1.29 is 9.90 Å². The van der Waals surface area contributed by atoms with E-state index < -0.39 is 5.97 Å². The molecule has 2 aliphatic rings. The molecule has 0 spiro atoms. The minimum Gasteiger partial charge on any atom is -0.476 e. The Bertz CT molecular complexity index is 507. The summed E-state index contributed by atoms with van der Waals surface area (Å²) in [5.74, 6) is 1.84. The molecule has 1 aromatic heterocycles. The van der Waals surface area contributed by atoms with Crippen LogP contribution in [0.4, 0.5) is 11.6 Å². The highest BCUT2D eigenvalue weighted by Gasteiger charge is 2.32. The summed E-state index contributed by atoms with van der Waals surface area (Å²) in [6.07, 6.45) is 1.35. The van der Waals surface area contributed by atoms with Gasteiger partial charge < -0.3 is 14.9 Å². The maximum absolute atomic E-state index is 11.0. The van der Waals surface area contributed by atoms with E-state index in [0.717, 1.165) is 37.8 Å². The van der Waals surface area contributed by atoms with Crippen LogP contribution < -0.4 is 9.80 Å². The fraction of sp³-hybridized carbons (Fsp3) is 0.615. The molecule has 0 amide bonds. The Morgan fingerprint density at radius 3 is 2.16 bits per heavy atom. The van der Waals surface area contributed by atoms with E-state index in [2.05, 4.69) is 33.6 Å². The zero-order chi connectivity index (χ0) is 13.6. The van der Waals surface area contributed by atoms with E-state index in [0.29, 0.717) is 11.8 Å². The monoisotopic (exact) mass is 262 g/mol. The van der Waals surface area contributed by atoms with Crippen LogP contribution in [0.2, 0.25) is 0 Å². The standard InChI is InChI=1S/C13H18N4O2/c1-8-4-16(5-8)11-12(17-6-9(2)7-17)15-10(3-14-11)13(18)19/h3,8-9H,4-7H2,1-2H3,(H,18,19). The Hall–Kier alpha value is -1.85. The van der Waals surface area contributed by atoms with Gasteiger partial charge in [0, 0.05) is 26.2 Å². The maximum atomic E-state index is 11.0. The molecule has 0 aromatic carbocycles. The first-order valence-electron chi connectivity index (χ1n) is 6.65. The smallest absolute Gasteiger partial charge is 0.356 e. The van der Waals surface area contributed by atoms with Crippen LogP contribution in [0.5, 0.6) is 0 Å². The van der Waals surface area contributed by atoms with Crippen LogP contribution in [0.1, 0.15) is 24.3 Å². The highest BCUT2D eigenvalue weighted by atomic mass is 16.4. The number of anilines is 2. The fourth-order valence-electron chi connectivity index (χ4n) is 2.66. The molecular weight excluding hydrogens is 244 g/mol. The van der Waals surface area contributed by atoms with Gasteiger partial charge in [0.05, 0.1) is 6.20 Å². The first kappa shape index (κ1) is 12.2. The molecule has 2 fully saturated rings. The highest BCUT2D eigenvalue weighted by molar-refractivity contribution is 5.86. The molecule has 0 unspecified atom stereocenters. The molecule has 6 nitrogen and oxygen atoms in total. The van der Waals surface area contributed by atoms with Gasteiger partial charge in [-0.3, -0.25) is 0 Å². The van der Waals surface area contributed by atoms with E-state index in [1.807, 2.05) is 0 Å². The molecule has 0 saturated carbocycles. The molecule has 3 heterocycles. The predicted molar refractivity (Wildman–Crippen MR) is 71.7 cm³/mol. The Morgan fingerprint density at radius 2 is 1.68 bits per heavy atom. The zero-order valence-electron chi connectivity index (χ0n) is 11.2. The van der Waals surface area contributed by atoms with Crippen LogP contribution in [0.15, 0.2) is 6.20 Å². The minimum absolute atomic E-state index is 0.0203. The van der Waals surface area contributed by atoms with Crippen molar-refractivity contribution in [3.63, 3.8) is 0 Å². The van der Waals surface area contributed by atoms with E-state index in [9.17, 15) is 4.79 Å². The molecule has 1 N–H and O–H groups in total. The first-order chi connectivity index (χ1) is 9.04. The van der Waals surface area contributed by atoms with E-state index in [-0.39, 0.29) is 5.69 Å². The van der Waals surface area contributed by atoms with Gasteiger partial charge in [0.15, 0.2) is 17.3 Å². The number of hydrogen-bond donors (Lipinski definition) is 1. The number of nitrogens with zero attached hydrogens (tertiary/aromatic N) is 4. The zero-order valence-corrected chi connectivity index (χ0v) is 11.2. The van der Waals surface area contributed by atoms with Crippen molar-refractivity contribution in [3.05, 3.63) is 11.9 Å². The van der Waals surface area contributed by atoms with Gasteiger partial charge in [-0.05, 0) is 11.8 Å². The van der Waals surface area contributed by atoms with E-state index >= 15 is 0 Å². The summed E-state index contributed by atoms with van der Waals surface area (Å²) < 4.78 is 0. The average Bonchev–Trinajstić information content (AvgIpc) is 2.30. The van der Waals surface area contributed by atoms with Gasteiger partial charge in [-0.1, -0.05) is 13.8 Å². The second-order valence-electron chi connectivity index (χ2n) is 5.73. The van der Waals surface area contributed by atoms with Crippen molar-refractivity contribution >= 4 is 17.6 Å². The molecule has 2 aliphatic heterocycles.